The van der Waals surface area contributed by atoms with Gasteiger partial charge in [0.25, 0.3) is 5.91 Å². The van der Waals surface area contributed by atoms with Gasteiger partial charge < -0.3 is 9.47 Å². The second-order valence-electron chi connectivity index (χ2n) is 5.54. The molecule has 3 rings (SSSR count). The first-order valence-electron chi connectivity index (χ1n) is 8.11. The van der Waals surface area contributed by atoms with Crippen LogP contribution in [0.15, 0.2) is 59.2 Å². The van der Waals surface area contributed by atoms with Crippen LogP contribution in [0.3, 0.4) is 0 Å². The normalized spacial score (nSPS) is 15.5. The Hall–Kier alpha value is -3.08. The molecule has 0 radical (unpaired) electrons. The maximum absolute atomic E-state index is 12.7. The summed E-state index contributed by atoms with van der Waals surface area (Å²) in [5, 5.41) is 5.81. The number of methoxy groups -OCH3 is 1. The van der Waals surface area contributed by atoms with Gasteiger partial charge in [0, 0.05) is 0 Å². The number of carbonyl (C=O) groups excluding carboxylic acids is 1. The Bertz CT molecular complexity index is 841. The fraction of sp³-hybridized carbons (Fsp3) is 0.200. The van der Waals surface area contributed by atoms with Gasteiger partial charge in [-0.15, -0.1) is 0 Å². The van der Waals surface area contributed by atoms with Crippen LogP contribution >= 0.6 is 0 Å². The lowest BCUT2D eigenvalue weighted by Crippen LogP contribution is -2.21. The molecule has 25 heavy (non-hydrogen) atoms. The molecule has 0 bridgehead atoms. The standard InChI is InChI=1S/C20H20N2O3/c1-4-25-19-13-15(10-11-18(19)24-3)12-17-14(2)21-22(20(17)23)16-8-6-5-7-9-16/h5-13H,4H2,1-3H3/b17-12+. The van der Waals surface area contributed by atoms with Crippen molar-refractivity contribution >= 4 is 23.4 Å². The molecule has 1 aliphatic rings. The molecule has 0 aliphatic carbocycles. The minimum Gasteiger partial charge on any atom is -0.493 e. The van der Waals surface area contributed by atoms with Crippen molar-refractivity contribution in [3.63, 3.8) is 0 Å². The van der Waals surface area contributed by atoms with Crippen LogP contribution in [0, 0.1) is 0 Å². The zero-order chi connectivity index (χ0) is 17.8. The van der Waals surface area contributed by atoms with E-state index in [1.54, 1.807) is 7.11 Å². The van der Waals surface area contributed by atoms with Crippen molar-refractivity contribution in [3.05, 3.63) is 59.7 Å². The topological polar surface area (TPSA) is 51.1 Å². The maximum Gasteiger partial charge on any atom is 0.280 e. The Morgan fingerprint density at radius 3 is 2.56 bits per heavy atom. The van der Waals surface area contributed by atoms with Crippen LogP contribution in [0.2, 0.25) is 0 Å². The van der Waals surface area contributed by atoms with Crippen LogP contribution in [-0.4, -0.2) is 25.3 Å². The van der Waals surface area contributed by atoms with E-state index in [9.17, 15) is 4.79 Å². The lowest BCUT2D eigenvalue weighted by molar-refractivity contribution is -0.114. The van der Waals surface area contributed by atoms with Crippen LogP contribution in [0.25, 0.3) is 6.08 Å². The molecule has 1 aliphatic heterocycles. The van der Waals surface area contributed by atoms with E-state index in [-0.39, 0.29) is 5.91 Å². The second kappa shape index (κ2) is 7.21. The summed E-state index contributed by atoms with van der Waals surface area (Å²) in [5.41, 5.74) is 2.86. The van der Waals surface area contributed by atoms with E-state index in [1.165, 1.54) is 5.01 Å². The molecule has 0 saturated carbocycles. The summed E-state index contributed by atoms with van der Waals surface area (Å²) in [7, 11) is 1.60. The molecule has 0 fully saturated rings. The second-order valence-corrected chi connectivity index (χ2v) is 5.54. The Kier molecular flexibility index (Phi) is 4.84. The number of benzene rings is 2. The number of anilines is 1. The molecule has 5 nitrogen and oxygen atoms in total. The summed E-state index contributed by atoms with van der Waals surface area (Å²) in [5.74, 6) is 1.18. The number of hydrogen-bond donors (Lipinski definition) is 0. The highest BCUT2D eigenvalue weighted by molar-refractivity contribution is 6.32. The Morgan fingerprint density at radius 2 is 1.88 bits per heavy atom. The number of amides is 1. The van der Waals surface area contributed by atoms with E-state index in [0.717, 1.165) is 11.3 Å². The van der Waals surface area contributed by atoms with Crippen molar-refractivity contribution in [2.45, 2.75) is 13.8 Å². The number of para-hydroxylation sites is 1. The molecule has 0 aromatic heterocycles. The average Bonchev–Trinajstić information content (AvgIpc) is 2.91. The monoisotopic (exact) mass is 336 g/mol. The SMILES string of the molecule is CCOc1cc(/C=C2/C(=O)N(c3ccccc3)N=C2C)ccc1OC. The van der Waals surface area contributed by atoms with Crippen molar-refractivity contribution < 1.29 is 14.3 Å². The van der Waals surface area contributed by atoms with Crippen LogP contribution < -0.4 is 14.5 Å². The molecule has 1 heterocycles. The molecule has 0 saturated heterocycles. The van der Waals surface area contributed by atoms with Gasteiger partial charge in [-0.05, 0) is 49.8 Å². The number of carbonyl (C=O) groups is 1. The summed E-state index contributed by atoms with van der Waals surface area (Å²) >= 11 is 0. The summed E-state index contributed by atoms with van der Waals surface area (Å²) in [4.78, 5) is 12.7. The summed E-state index contributed by atoms with van der Waals surface area (Å²) in [6, 6.07) is 15.0. The van der Waals surface area contributed by atoms with Gasteiger partial charge >= 0.3 is 0 Å². The first-order chi connectivity index (χ1) is 12.1. The zero-order valence-corrected chi connectivity index (χ0v) is 14.5. The van der Waals surface area contributed by atoms with Crippen molar-refractivity contribution in [1.29, 1.82) is 0 Å². The number of rotatable bonds is 5. The Labute approximate surface area is 147 Å². The third kappa shape index (κ3) is 3.40. The first kappa shape index (κ1) is 16.8. The highest BCUT2D eigenvalue weighted by Crippen LogP contribution is 2.30. The van der Waals surface area contributed by atoms with Crippen molar-refractivity contribution in [3.8, 4) is 11.5 Å². The fourth-order valence-corrected chi connectivity index (χ4v) is 2.65. The average molecular weight is 336 g/mol. The van der Waals surface area contributed by atoms with Crippen LogP contribution in [0.1, 0.15) is 19.4 Å². The molecule has 0 N–H and O–H groups in total. The molecule has 1 amide bonds. The van der Waals surface area contributed by atoms with E-state index >= 15 is 0 Å². The number of ether oxygens (including phenoxy) is 2. The minimum atomic E-state index is -0.141. The van der Waals surface area contributed by atoms with Gasteiger partial charge in [-0.3, -0.25) is 4.79 Å². The molecule has 0 spiro atoms. The summed E-state index contributed by atoms with van der Waals surface area (Å²) in [6.45, 7) is 4.29. The van der Waals surface area contributed by atoms with Crippen molar-refractivity contribution in [1.82, 2.24) is 0 Å². The Balaban J connectivity index is 1.93. The number of hydrazone groups is 1. The van der Waals surface area contributed by atoms with Gasteiger partial charge in [0.1, 0.15) is 0 Å². The van der Waals surface area contributed by atoms with Crippen LogP contribution in [-0.2, 0) is 4.79 Å². The number of hydrogen-bond acceptors (Lipinski definition) is 4. The predicted molar refractivity (Wildman–Crippen MR) is 99.2 cm³/mol. The molecule has 0 atom stereocenters. The van der Waals surface area contributed by atoms with Gasteiger partial charge in [-0.1, -0.05) is 24.3 Å². The van der Waals surface area contributed by atoms with Gasteiger partial charge in [0.15, 0.2) is 11.5 Å². The smallest absolute Gasteiger partial charge is 0.280 e. The predicted octanol–water partition coefficient (Wildman–Crippen LogP) is 3.90. The molecule has 0 unspecified atom stereocenters. The van der Waals surface area contributed by atoms with Crippen molar-refractivity contribution in [2.75, 3.05) is 18.7 Å². The van der Waals surface area contributed by atoms with Crippen LogP contribution in [0.5, 0.6) is 11.5 Å². The fourth-order valence-electron chi connectivity index (χ4n) is 2.65. The minimum absolute atomic E-state index is 0.141. The maximum atomic E-state index is 12.7. The Morgan fingerprint density at radius 1 is 1.12 bits per heavy atom. The highest BCUT2D eigenvalue weighted by Gasteiger charge is 2.28. The lowest BCUT2D eigenvalue weighted by atomic mass is 10.1. The van der Waals surface area contributed by atoms with E-state index < -0.39 is 0 Å². The van der Waals surface area contributed by atoms with Gasteiger partial charge in [0.2, 0.25) is 0 Å². The molecular weight excluding hydrogens is 316 g/mol. The zero-order valence-electron chi connectivity index (χ0n) is 14.5. The third-order valence-corrected chi connectivity index (χ3v) is 3.86. The van der Waals surface area contributed by atoms with E-state index in [0.29, 0.717) is 29.4 Å². The molecular formula is C20H20N2O3. The molecule has 128 valence electrons. The van der Waals surface area contributed by atoms with Gasteiger partial charge in [-0.25, -0.2) is 0 Å². The lowest BCUT2D eigenvalue weighted by Gasteiger charge is -2.11. The molecule has 2 aromatic carbocycles. The largest absolute Gasteiger partial charge is 0.493 e. The summed E-state index contributed by atoms with van der Waals surface area (Å²) < 4.78 is 10.9. The number of nitrogens with zero attached hydrogens (tertiary/aromatic N) is 2. The van der Waals surface area contributed by atoms with Gasteiger partial charge in [0.05, 0.1) is 30.7 Å². The molecule has 2 aromatic rings. The van der Waals surface area contributed by atoms with Gasteiger partial charge in [-0.2, -0.15) is 10.1 Å². The third-order valence-electron chi connectivity index (χ3n) is 3.86. The van der Waals surface area contributed by atoms with E-state index in [4.69, 9.17) is 9.47 Å². The van der Waals surface area contributed by atoms with Crippen molar-refractivity contribution in [2.24, 2.45) is 5.10 Å². The molecule has 5 heteroatoms. The summed E-state index contributed by atoms with van der Waals surface area (Å²) in [6.07, 6.45) is 1.83. The van der Waals surface area contributed by atoms with E-state index in [1.807, 2.05) is 68.5 Å². The quantitative estimate of drug-likeness (QED) is 0.778. The van der Waals surface area contributed by atoms with Crippen LogP contribution in [0.4, 0.5) is 5.69 Å². The van der Waals surface area contributed by atoms with E-state index in [2.05, 4.69) is 5.10 Å². The highest BCUT2D eigenvalue weighted by atomic mass is 16.5. The first-order valence-corrected chi connectivity index (χ1v) is 8.11.